The Labute approximate surface area is 114 Å². The number of carbonyl (C=O) groups excluding carboxylic acids is 1. The van der Waals surface area contributed by atoms with Gasteiger partial charge in [0, 0.05) is 5.39 Å². The highest BCUT2D eigenvalue weighted by Gasteiger charge is 2.15. The molecule has 0 bridgehead atoms. The Morgan fingerprint density at radius 2 is 2.16 bits per heavy atom. The van der Waals surface area contributed by atoms with Crippen molar-refractivity contribution in [2.45, 2.75) is 6.61 Å². The zero-order chi connectivity index (χ0) is 14.0. The number of pyridine rings is 1. The Morgan fingerprint density at radius 1 is 1.42 bits per heavy atom. The van der Waals surface area contributed by atoms with Crippen molar-refractivity contribution in [2.24, 2.45) is 0 Å². The van der Waals surface area contributed by atoms with E-state index >= 15 is 0 Å². The van der Waals surface area contributed by atoms with Gasteiger partial charge in [-0.05, 0) is 18.2 Å². The van der Waals surface area contributed by atoms with E-state index in [1.165, 1.54) is 14.2 Å². The van der Waals surface area contributed by atoms with Crippen LogP contribution in [0.15, 0.2) is 18.2 Å². The van der Waals surface area contributed by atoms with Gasteiger partial charge in [-0.15, -0.1) is 0 Å². The van der Waals surface area contributed by atoms with Gasteiger partial charge in [0.25, 0.3) is 0 Å². The molecule has 0 atom stereocenters. The highest BCUT2D eigenvalue weighted by molar-refractivity contribution is 6.36. The summed E-state index contributed by atoms with van der Waals surface area (Å²) in [5, 5.41) is 10.2. The van der Waals surface area contributed by atoms with Crippen molar-refractivity contribution in [3.05, 3.63) is 34.3 Å². The molecule has 2 aromatic rings. The number of ether oxygens (including phenoxy) is 2. The third kappa shape index (κ3) is 2.34. The Kier molecular flexibility index (Phi) is 3.87. The van der Waals surface area contributed by atoms with Crippen LogP contribution >= 0.6 is 11.6 Å². The van der Waals surface area contributed by atoms with Crippen molar-refractivity contribution in [1.29, 1.82) is 0 Å². The van der Waals surface area contributed by atoms with Gasteiger partial charge in [0.2, 0.25) is 5.88 Å². The van der Waals surface area contributed by atoms with Gasteiger partial charge in [-0.3, -0.25) is 0 Å². The summed E-state index contributed by atoms with van der Waals surface area (Å²) < 4.78 is 9.73. The summed E-state index contributed by atoms with van der Waals surface area (Å²) in [4.78, 5) is 15.7. The molecule has 0 saturated heterocycles. The van der Waals surface area contributed by atoms with Crippen LogP contribution in [0.2, 0.25) is 5.02 Å². The number of aromatic nitrogens is 1. The average Bonchev–Trinajstić information content (AvgIpc) is 2.45. The van der Waals surface area contributed by atoms with Gasteiger partial charge >= 0.3 is 5.97 Å². The van der Waals surface area contributed by atoms with Crippen LogP contribution in [-0.2, 0) is 11.3 Å². The van der Waals surface area contributed by atoms with E-state index < -0.39 is 5.97 Å². The van der Waals surface area contributed by atoms with E-state index in [0.717, 1.165) is 0 Å². The molecular weight excluding hydrogens is 270 g/mol. The monoisotopic (exact) mass is 281 g/mol. The van der Waals surface area contributed by atoms with Crippen molar-refractivity contribution in [2.75, 3.05) is 14.2 Å². The molecule has 0 saturated carbocycles. The number of hydrogen-bond acceptors (Lipinski definition) is 5. The van der Waals surface area contributed by atoms with Crippen molar-refractivity contribution >= 4 is 28.5 Å². The van der Waals surface area contributed by atoms with Crippen LogP contribution in [0, 0.1) is 0 Å². The second-order valence-electron chi connectivity index (χ2n) is 3.80. The number of hydrogen-bond donors (Lipinski definition) is 1. The first-order chi connectivity index (χ1) is 9.12. The van der Waals surface area contributed by atoms with E-state index in [-0.39, 0.29) is 12.5 Å². The number of aliphatic hydroxyl groups excluding tert-OH is 1. The maximum absolute atomic E-state index is 11.5. The number of esters is 1. The van der Waals surface area contributed by atoms with Crippen LogP contribution < -0.4 is 4.74 Å². The molecule has 0 unspecified atom stereocenters. The van der Waals surface area contributed by atoms with E-state index in [4.69, 9.17) is 16.3 Å². The zero-order valence-corrected chi connectivity index (χ0v) is 11.2. The lowest BCUT2D eigenvalue weighted by Crippen LogP contribution is -2.02. The highest BCUT2D eigenvalue weighted by atomic mass is 35.5. The molecule has 0 spiro atoms. The third-order valence-electron chi connectivity index (χ3n) is 2.75. The van der Waals surface area contributed by atoms with Crippen LogP contribution in [0.25, 0.3) is 10.9 Å². The molecule has 1 N–H and O–H groups in total. The smallest absolute Gasteiger partial charge is 0.337 e. The van der Waals surface area contributed by atoms with E-state index in [1.807, 2.05) is 0 Å². The van der Waals surface area contributed by atoms with E-state index in [9.17, 15) is 9.90 Å². The quantitative estimate of drug-likeness (QED) is 0.873. The number of benzene rings is 1. The molecule has 0 aliphatic heterocycles. The van der Waals surface area contributed by atoms with E-state index in [1.54, 1.807) is 18.2 Å². The van der Waals surface area contributed by atoms with Crippen LogP contribution in [-0.4, -0.2) is 30.3 Å². The number of fused-ring (bicyclic) bond motifs is 1. The van der Waals surface area contributed by atoms with Gasteiger partial charge in [0.05, 0.1) is 42.5 Å². The summed E-state index contributed by atoms with van der Waals surface area (Å²) in [5.74, 6) is -0.190. The van der Waals surface area contributed by atoms with E-state index in [2.05, 4.69) is 9.72 Å². The number of methoxy groups -OCH3 is 2. The van der Waals surface area contributed by atoms with Crippen LogP contribution in [0.1, 0.15) is 15.9 Å². The molecule has 0 radical (unpaired) electrons. The first-order valence-corrected chi connectivity index (χ1v) is 5.85. The zero-order valence-electron chi connectivity index (χ0n) is 10.4. The molecule has 1 heterocycles. The van der Waals surface area contributed by atoms with Gasteiger partial charge in [-0.2, -0.15) is 0 Å². The molecule has 1 aromatic heterocycles. The summed E-state index contributed by atoms with van der Waals surface area (Å²) in [6, 6.07) is 4.82. The van der Waals surface area contributed by atoms with Crippen LogP contribution in [0.4, 0.5) is 0 Å². The molecule has 0 aliphatic rings. The molecule has 1 aromatic carbocycles. The van der Waals surface area contributed by atoms with Gasteiger partial charge in [-0.1, -0.05) is 11.6 Å². The van der Waals surface area contributed by atoms with Gasteiger partial charge < -0.3 is 14.6 Å². The number of rotatable bonds is 3. The molecule has 19 heavy (non-hydrogen) atoms. The normalized spacial score (nSPS) is 10.5. The molecular formula is C13H12ClNO4. The largest absolute Gasteiger partial charge is 0.481 e. The number of carbonyl (C=O) groups is 1. The lowest BCUT2D eigenvalue weighted by molar-refractivity contribution is 0.0601. The molecule has 2 rings (SSSR count). The fourth-order valence-electron chi connectivity index (χ4n) is 1.79. The fourth-order valence-corrected chi connectivity index (χ4v) is 2.09. The molecule has 5 nitrogen and oxygen atoms in total. The predicted octanol–water partition coefficient (Wildman–Crippen LogP) is 2.18. The Morgan fingerprint density at radius 3 is 2.74 bits per heavy atom. The maximum Gasteiger partial charge on any atom is 0.337 e. The summed E-state index contributed by atoms with van der Waals surface area (Å²) in [5.41, 5.74) is 1.33. The van der Waals surface area contributed by atoms with Gasteiger partial charge in [-0.25, -0.2) is 9.78 Å². The molecule has 100 valence electrons. The van der Waals surface area contributed by atoms with Gasteiger partial charge in [0.15, 0.2) is 0 Å². The van der Waals surface area contributed by atoms with Crippen molar-refractivity contribution in [3.63, 3.8) is 0 Å². The summed E-state index contributed by atoms with van der Waals surface area (Å²) >= 11 is 6.21. The topological polar surface area (TPSA) is 68.7 Å². The average molecular weight is 282 g/mol. The fraction of sp³-hybridized carbons (Fsp3) is 0.231. The Bertz CT molecular complexity index is 642. The molecule has 0 fully saturated rings. The van der Waals surface area contributed by atoms with Crippen LogP contribution in [0.5, 0.6) is 5.88 Å². The minimum absolute atomic E-state index is 0.269. The lowest BCUT2D eigenvalue weighted by atomic mass is 10.1. The molecule has 0 amide bonds. The first kappa shape index (κ1) is 13.6. The second kappa shape index (κ2) is 5.42. The Balaban J connectivity index is 2.72. The number of nitrogens with zero attached hydrogens (tertiary/aromatic N) is 1. The maximum atomic E-state index is 11.5. The minimum atomic E-state index is -0.459. The number of aliphatic hydroxyl groups is 1. The highest BCUT2D eigenvalue weighted by Crippen LogP contribution is 2.32. The Hall–Kier alpha value is -1.85. The third-order valence-corrected chi connectivity index (χ3v) is 3.18. The minimum Gasteiger partial charge on any atom is -0.481 e. The standard InChI is InChI=1S/C13H12ClNO4/c1-18-12-9(6-16)11(14)8-5-7(13(17)19-2)3-4-10(8)15-12/h3-5,16H,6H2,1-2H3. The molecule has 0 aliphatic carbocycles. The summed E-state index contributed by atoms with van der Waals surface area (Å²) in [6.07, 6.45) is 0. The lowest BCUT2D eigenvalue weighted by Gasteiger charge is -2.11. The van der Waals surface area contributed by atoms with Crippen molar-refractivity contribution in [3.8, 4) is 5.88 Å². The predicted molar refractivity (Wildman–Crippen MR) is 70.6 cm³/mol. The SMILES string of the molecule is COC(=O)c1ccc2nc(OC)c(CO)c(Cl)c2c1. The number of halogens is 1. The van der Waals surface area contributed by atoms with E-state index in [0.29, 0.717) is 27.1 Å². The summed E-state index contributed by atoms with van der Waals surface area (Å²) in [7, 11) is 2.76. The van der Waals surface area contributed by atoms with Crippen LogP contribution in [0.3, 0.4) is 0 Å². The van der Waals surface area contributed by atoms with Crippen molar-refractivity contribution in [1.82, 2.24) is 4.98 Å². The van der Waals surface area contributed by atoms with Crippen molar-refractivity contribution < 1.29 is 19.4 Å². The second-order valence-corrected chi connectivity index (χ2v) is 4.17. The molecule has 6 heteroatoms. The van der Waals surface area contributed by atoms with Gasteiger partial charge in [0.1, 0.15) is 0 Å². The first-order valence-electron chi connectivity index (χ1n) is 5.47. The summed E-state index contributed by atoms with van der Waals surface area (Å²) in [6.45, 7) is -0.298.